The molecule has 1 aliphatic heterocycles. The van der Waals surface area contributed by atoms with Crippen LogP contribution < -0.4 is 0 Å². The minimum absolute atomic E-state index is 0.336. The van der Waals surface area contributed by atoms with Gasteiger partial charge in [-0.25, -0.2) is 0 Å². The molecule has 112 valence electrons. The Morgan fingerprint density at radius 3 is 2.05 bits per heavy atom. The molecule has 1 saturated carbocycles. The topological polar surface area (TPSA) is 3.24 Å². The molecule has 4 atom stereocenters. The quantitative estimate of drug-likeness (QED) is 0.692. The van der Waals surface area contributed by atoms with Crippen LogP contribution in [-0.4, -0.2) is 23.0 Å². The molecule has 2 fully saturated rings. The van der Waals surface area contributed by atoms with Gasteiger partial charge in [0.25, 0.3) is 0 Å². The van der Waals surface area contributed by atoms with Crippen LogP contribution in [0.15, 0.2) is 0 Å². The highest BCUT2D eigenvalue weighted by Gasteiger charge is 2.49. The highest BCUT2D eigenvalue weighted by molar-refractivity contribution is 5.01. The van der Waals surface area contributed by atoms with Gasteiger partial charge in [-0.2, -0.15) is 0 Å². The van der Waals surface area contributed by atoms with E-state index in [1.54, 1.807) is 0 Å². The summed E-state index contributed by atoms with van der Waals surface area (Å²) < 4.78 is 0. The van der Waals surface area contributed by atoms with Gasteiger partial charge in [0.05, 0.1) is 0 Å². The summed E-state index contributed by atoms with van der Waals surface area (Å²) in [6.45, 7) is 18.4. The molecule has 1 saturated heterocycles. The summed E-state index contributed by atoms with van der Waals surface area (Å²) in [4.78, 5) is 2.86. The van der Waals surface area contributed by atoms with Gasteiger partial charge < -0.3 is 0 Å². The summed E-state index contributed by atoms with van der Waals surface area (Å²) >= 11 is 0. The van der Waals surface area contributed by atoms with Gasteiger partial charge in [0.2, 0.25) is 0 Å². The van der Waals surface area contributed by atoms with Crippen molar-refractivity contribution in [3.63, 3.8) is 0 Å². The van der Waals surface area contributed by atoms with Crippen molar-refractivity contribution in [1.29, 1.82) is 0 Å². The van der Waals surface area contributed by atoms with Gasteiger partial charge in [0.15, 0.2) is 0 Å². The van der Waals surface area contributed by atoms with Gasteiger partial charge in [-0.05, 0) is 63.2 Å². The summed E-state index contributed by atoms with van der Waals surface area (Å²) in [7, 11) is 0. The lowest BCUT2D eigenvalue weighted by atomic mass is 9.65. The fourth-order valence-electron chi connectivity index (χ4n) is 5.02. The normalized spacial score (nSPS) is 37.1. The van der Waals surface area contributed by atoms with Crippen molar-refractivity contribution in [2.24, 2.45) is 29.6 Å². The fraction of sp³-hybridized carbons (Fsp3) is 1.00. The average Bonchev–Trinajstić information content (AvgIpc) is 2.72. The van der Waals surface area contributed by atoms with E-state index in [0.29, 0.717) is 5.54 Å². The van der Waals surface area contributed by atoms with Crippen molar-refractivity contribution in [2.45, 2.75) is 79.3 Å². The largest absolute Gasteiger partial charge is 0.295 e. The molecule has 4 unspecified atom stereocenters. The zero-order valence-electron chi connectivity index (χ0n) is 14.2. The third kappa shape index (κ3) is 2.86. The van der Waals surface area contributed by atoms with E-state index in [1.807, 2.05) is 0 Å². The highest BCUT2D eigenvalue weighted by atomic mass is 15.2. The zero-order valence-corrected chi connectivity index (χ0v) is 14.2. The Kier molecular flexibility index (Phi) is 4.35. The molecule has 0 N–H and O–H groups in total. The number of likely N-dealkylation sites (tertiary alicyclic amines) is 1. The summed E-state index contributed by atoms with van der Waals surface area (Å²) in [5.41, 5.74) is 0.336. The van der Waals surface area contributed by atoms with E-state index in [4.69, 9.17) is 0 Å². The molecule has 2 aliphatic rings. The summed E-state index contributed by atoms with van der Waals surface area (Å²) in [5.74, 6) is 4.46. The molecule has 1 aliphatic carbocycles. The van der Waals surface area contributed by atoms with E-state index >= 15 is 0 Å². The van der Waals surface area contributed by atoms with E-state index in [2.05, 4.69) is 53.4 Å². The van der Waals surface area contributed by atoms with Gasteiger partial charge in [0, 0.05) is 18.1 Å². The van der Waals surface area contributed by atoms with Crippen LogP contribution in [0.1, 0.15) is 67.7 Å². The Balaban J connectivity index is 2.30. The van der Waals surface area contributed by atoms with Crippen molar-refractivity contribution in [3.05, 3.63) is 0 Å². The van der Waals surface area contributed by atoms with Crippen LogP contribution >= 0.6 is 0 Å². The highest BCUT2D eigenvalue weighted by Crippen LogP contribution is 2.49. The predicted octanol–water partition coefficient (Wildman–Crippen LogP) is 4.81. The smallest absolute Gasteiger partial charge is 0.0132 e. The third-order valence-corrected chi connectivity index (χ3v) is 5.82. The van der Waals surface area contributed by atoms with Crippen LogP contribution in [0.2, 0.25) is 0 Å². The van der Waals surface area contributed by atoms with Crippen molar-refractivity contribution in [2.75, 3.05) is 6.54 Å². The van der Waals surface area contributed by atoms with Crippen LogP contribution in [-0.2, 0) is 0 Å². The molecule has 0 aromatic heterocycles. The van der Waals surface area contributed by atoms with E-state index in [-0.39, 0.29) is 0 Å². The Morgan fingerprint density at radius 1 is 0.947 bits per heavy atom. The molecule has 0 radical (unpaired) electrons. The lowest BCUT2D eigenvalue weighted by molar-refractivity contribution is -0.0611. The molecular weight excluding hydrogens is 230 g/mol. The maximum absolute atomic E-state index is 2.86. The number of rotatable bonds is 2. The standard InChI is InChI=1S/C18H35N/c1-12(2)15-11-19(18(5,6)7)16-10-8-9-14(16)17(15)13(3)4/h12-17H,8-11H2,1-7H3. The van der Waals surface area contributed by atoms with Crippen molar-refractivity contribution in [1.82, 2.24) is 4.90 Å². The lowest BCUT2D eigenvalue weighted by Crippen LogP contribution is -2.59. The number of fused-ring (bicyclic) bond motifs is 1. The van der Waals surface area contributed by atoms with Gasteiger partial charge >= 0.3 is 0 Å². The van der Waals surface area contributed by atoms with Gasteiger partial charge in [-0.1, -0.05) is 34.1 Å². The SMILES string of the molecule is CC(C)C1CN(C(C)(C)C)C2CCCC2C1C(C)C. The van der Waals surface area contributed by atoms with Crippen LogP contribution in [0, 0.1) is 29.6 Å². The van der Waals surface area contributed by atoms with Crippen LogP contribution in [0.4, 0.5) is 0 Å². The molecule has 0 aromatic rings. The first-order chi connectivity index (χ1) is 8.73. The van der Waals surface area contributed by atoms with E-state index in [9.17, 15) is 0 Å². The molecule has 0 aromatic carbocycles. The maximum Gasteiger partial charge on any atom is 0.0132 e. The first-order valence-electron chi connectivity index (χ1n) is 8.50. The summed E-state index contributed by atoms with van der Waals surface area (Å²) in [5, 5.41) is 0. The molecule has 1 heterocycles. The molecule has 19 heavy (non-hydrogen) atoms. The van der Waals surface area contributed by atoms with Crippen LogP contribution in [0.3, 0.4) is 0 Å². The first-order valence-corrected chi connectivity index (χ1v) is 8.50. The number of nitrogens with zero attached hydrogens (tertiary/aromatic N) is 1. The lowest BCUT2D eigenvalue weighted by Gasteiger charge is -2.54. The molecule has 2 rings (SSSR count). The van der Waals surface area contributed by atoms with Gasteiger partial charge in [0.1, 0.15) is 0 Å². The third-order valence-electron chi connectivity index (χ3n) is 5.82. The second-order valence-electron chi connectivity index (χ2n) is 8.71. The monoisotopic (exact) mass is 265 g/mol. The van der Waals surface area contributed by atoms with E-state index in [0.717, 1.165) is 35.6 Å². The van der Waals surface area contributed by atoms with Crippen molar-refractivity contribution >= 4 is 0 Å². The molecule has 1 heteroatoms. The van der Waals surface area contributed by atoms with Crippen molar-refractivity contribution < 1.29 is 0 Å². The minimum atomic E-state index is 0.336. The Labute approximate surface area is 121 Å². The number of hydrogen-bond acceptors (Lipinski definition) is 1. The van der Waals surface area contributed by atoms with E-state index in [1.165, 1.54) is 25.8 Å². The maximum atomic E-state index is 2.86. The average molecular weight is 265 g/mol. The summed E-state index contributed by atoms with van der Waals surface area (Å²) in [6, 6.07) is 0.863. The predicted molar refractivity (Wildman–Crippen MR) is 84.2 cm³/mol. The molecule has 0 bridgehead atoms. The second-order valence-corrected chi connectivity index (χ2v) is 8.71. The van der Waals surface area contributed by atoms with Crippen LogP contribution in [0.5, 0.6) is 0 Å². The minimum Gasteiger partial charge on any atom is -0.295 e. The number of piperidine rings is 1. The first kappa shape index (κ1) is 15.4. The molecular formula is C18H35N. The molecule has 1 nitrogen and oxygen atoms in total. The molecule has 0 amide bonds. The number of hydrogen-bond donors (Lipinski definition) is 0. The second kappa shape index (κ2) is 5.39. The zero-order chi connectivity index (χ0) is 14.4. The Bertz CT molecular complexity index is 297. The fourth-order valence-corrected chi connectivity index (χ4v) is 5.02. The molecule has 0 spiro atoms. The van der Waals surface area contributed by atoms with Crippen molar-refractivity contribution in [3.8, 4) is 0 Å². The van der Waals surface area contributed by atoms with E-state index < -0.39 is 0 Å². The Hall–Kier alpha value is -0.0400. The van der Waals surface area contributed by atoms with Gasteiger partial charge in [-0.3, -0.25) is 4.90 Å². The Morgan fingerprint density at radius 2 is 1.58 bits per heavy atom. The van der Waals surface area contributed by atoms with Crippen LogP contribution in [0.25, 0.3) is 0 Å². The van der Waals surface area contributed by atoms with Gasteiger partial charge in [-0.15, -0.1) is 0 Å². The summed E-state index contributed by atoms with van der Waals surface area (Å²) in [6.07, 6.45) is 4.37.